The monoisotopic (exact) mass is 1430 g/mol. The minimum atomic E-state index is -1.51. The molecule has 97 heavy (non-hydrogen) atoms. The second kappa shape index (κ2) is 49.6. The molecule has 0 unspecified atom stereocenters. The number of ether oxygens (including phenoxy) is 7. The van der Waals surface area contributed by atoms with Gasteiger partial charge in [0.1, 0.15) is 32.0 Å². The van der Waals surface area contributed by atoms with Crippen molar-refractivity contribution in [3.05, 3.63) is 159 Å². The molecule has 0 aliphatic heterocycles. The first-order chi connectivity index (χ1) is 44.7. The molecular formula is C76H114Cl3NO16Si. The molecule has 1 aliphatic carbocycles. The van der Waals surface area contributed by atoms with Gasteiger partial charge in [-0.2, -0.15) is 0 Å². The summed E-state index contributed by atoms with van der Waals surface area (Å²) in [6.07, 6.45) is 2.16. The molecule has 21 heteroatoms. The zero-order valence-corrected chi connectivity index (χ0v) is 65.5. The van der Waals surface area contributed by atoms with Crippen molar-refractivity contribution in [3.63, 3.8) is 0 Å². The average molecular weight is 1430 g/mol. The van der Waals surface area contributed by atoms with Crippen LogP contribution in [0.15, 0.2) is 127 Å². The lowest BCUT2D eigenvalue weighted by molar-refractivity contribution is -0.385. The van der Waals surface area contributed by atoms with E-state index in [1.54, 1.807) is 59.7 Å². The van der Waals surface area contributed by atoms with Crippen molar-refractivity contribution in [1.29, 1.82) is 0 Å². The largest absolute Gasteiger partial charge is 0.465 e. The van der Waals surface area contributed by atoms with Gasteiger partial charge in [-0.3, -0.25) is 43.7 Å². The highest BCUT2D eigenvalue weighted by Crippen LogP contribution is 2.44. The SMILES string of the molecule is C=COC(=O)C(C)C.CC(C)=C(C)C.CC(C)C(=O)OC(C)(C)C.CC(C)C(=O)OCC(Cl)(Cl)Cl.CC(C)C(=O)OCC1c2ccccc2-c2ccccc21.CC(C)C(=O)OCCC[Si](C)(C)C.CC(C)C(=O)OCc1ccccc1.CC(C)C(=O)OCc1ccccc1[N+](=O)[O-]. The second-order valence-electron chi connectivity index (χ2n) is 27.2. The van der Waals surface area contributed by atoms with Crippen LogP contribution in [0.5, 0.6) is 0 Å². The number of rotatable bonds is 20. The normalized spacial score (nSPS) is 11.1. The molecule has 0 amide bonds. The van der Waals surface area contributed by atoms with E-state index in [0.29, 0.717) is 25.4 Å². The molecule has 4 aromatic rings. The van der Waals surface area contributed by atoms with Crippen molar-refractivity contribution in [1.82, 2.24) is 0 Å². The number of nitro benzene ring substituents is 1. The van der Waals surface area contributed by atoms with Gasteiger partial charge in [-0.15, -0.1) is 0 Å². The predicted molar refractivity (Wildman–Crippen MR) is 395 cm³/mol. The Morgan fingerprint density at radius 3 is 1.25 bits per heavy atom. The van der Waals surface area contributed by atoms with Gasteiger partial charge in [0, 0.05) is 20.1 Å². The Morgan fingerprint density at radius 1 is 0.515 bits per heavy atom. The number of alkyl halides is 3. The van der Waals surface area contributed by atoms with Crippen LogP contribution in [0, 0.1) is 51.5 Å². The summed E-state index contributed by atoms with van der Waals surface area (Å²) in [4.78, 5) is 87.4. The van der Waals surface area contributed by atoms with Crippen molar-refractivity contribution in [2.75, 3.05) is 19.8 Å². The molecule has 0 saturated carbocycles. The maximum Gasteiger partial charge on any atom is 0.313 e. The summed E-state index contributed by atoms with van der Waals surface area (Å²) in [7, 11) is -0.948. The van der Waals surface area contributed by atoms with Crippen LogP contribution in [0.3, 0.4) is 0 Å². The molecular weight excluding hydrogens is 1320 g/mol. The van der Waals surface area contributed by atoms with Gasteiger partial charge in [-0.1, -0.05) is 266 Å². The first-order valence-electron chi connectivity index (χ1n) is 32.7. The van der Waals surface area contributed by atoms with Crippen LogP contribution < -0.4 is 0 Å². The summed E-state index contributed by atoms with van der Waals surface area (Å²) in [5.41, 5.74) is 8.93. The van der Waals surface area contributed by atoms with E-state index < -0.39 is 16.8 Å². The molecule has 0 fully saturated rings. The molecule has 0 aromatic heterocycles. The lowest BCUT2D eigenvalue weighted by Crippen LogP contribution is -2.26. The van der Waals surface area contributed by atoms with E-state index in [9.17, 15) is 43.7 Å². The van der Waals surface area contributed by atoms with E-state index in [4.69, 9.17) is 58.5 Å². The van der Waals surface area contributed by atoms with Crippen LogP contribution in [0.1, 0.15) is 180 Å². The summed E-state index contributed by atoms with van der Waals surface area (Å²) >= 11 is 16.0. The molecule has 0 N–H and O–H groups in total. The molecule has 5 rings (SSSR count). The third-order valence-corrected chi connectivity index (χ3v) is 14.9. The van der Waals surface area contributed by atoms with E-state index in [1.807, 2.05) is 119 Å². The summed E-state index contributed by atoms with van der Waals surface area (Å²) < 4.78 is 33.1. The molecule has 1 aliphatic rings. The van der Waals surface area contributed by atoms with Crippen molar-refractivity contribution >= 4 is 90.3 Å². The minimum Gasteiger partial charge on any atom is -0.465 e. The number of nitrogens with zero attached hydrogens (tertiary/aromatic N) is 1. The first kappa shape index (κ1) is 94.3. The Kier molecular flexibility index (Phi) is 48.2. The fourth-order valence-corrected chi connectivity index (χ4v) is 8.06. The minimum absolute atomic E-state index is 0.00637. The third-order valence-electron chi connectivity index (χ3n) is 12.7. The van der Waals surface area contributed by atoms with Crippen molar-refractivity contribution in [2.24, 2.45) is 41.4 Å². The van der Waals surface area contributed by atoms with Crippen LogP contribution in [0.4, 0.5) is 5.69 Å². The van der Waals surface area contributed by atoms with Crippen LogP contribution in [0.25, 0.3) is 11.1 Å². The number of benzene rings is 4. The highest BCUT2D eigenvalue weighted by Gasteiger charge is 2.30. The Hall–Kier alpha value is -6.86. The number of hydrogen-bond acceptors (Lipinski definition) is 16. The van der Waals surface area contributed by atoms with Gasteiger partial charge in [0.2, 0.25) is 3.79 Å². The van der Waals surface area contributed by atoms with Crippen molar-refractivity contribution in [2.45, 2.75) is 206 Å². The highest BCUT2D eigenvalue weighted by molar-refractivity contribution is 6.76. The van der Waals surface area contributed by atoms with Gasteiger partial charge in [-0.05, 0) is 88.8 Å². The number of carbonyl (C=O) groups is 7. The average Bonchev–Trinajstić information content (AvgIpc) is 1.62. The Balaban J connectivity index is -0.00000107. The molecule has 0 atom stereocenters. The van der Waals surface area contributed by atoms with Crippen LogP contribution in [0.2, 0.25) is 25.7 Å². The third kappa shape index (κ3) is 47.7. The number of carbonyl (C=O) groups excluding carboxylic acids is 7. The summed E-state index contributed by atoms with van der Waals surface area (Å²) in [5.74, 6) is -1.94. The maximum atomic E-state index is 11.7. The molecule has 0 bridgehead atoms. The number of nitro groups is 1. The van der Waals surface area contributed by atoms with E-state index in [0.717, 1.165) is 18.2 Å². The van der Waals surface area contributed by atoms with Gasteiger partial charge in [0.25, 0.3) is 5.69 Å². The number of halogens is 3. The van der Waals surface area contributed by atoms with Crippen LogP contribution >= 0.6 is 34.8 Å². The Morgan fingerprint density at radius 2 is 0.887 bits per heavy atom. The standard InChI is InChI=1S/C18H18O2.C11H13NO4.C11H14O2.C10H22O2Si.C8H16O2.C6H9Cl3O2.C6H10O2.C6H12/c1-12(2)18(19)20-11-17-15-9-5-3-7-13(15)14-8-4-6-10-16(14)17;1-8(2)11(13)16-7-9-5-3-4-6-10(9)12(14)15;1-9(2)11(12)13-8-10-6-4-3-5-7-10;1-9(2)10(11)12-7-6-8-13(3,4)5;1-6(2)7(9)10-8(3,4)5;1-4(2)5(10)11-3-6(7,8)9;1-4-8-6(7)5(2)3;1-5(2)6(3)4/h3-10,12,17H,11H2,1-2H3;3-6,8H,7H2,1-2H3;3-7,9H,8H2,1-2H3;9H,6-8H2,1-5H3;6H,1-5H3;4H,3H2,1-2H3;4-5H,1H2,2-3H3;1-4H3. The molecule has 544 valence electrons. The highest BCUT2D eigenvalue weighted by atomic mass is 35.6. The number of allylic oxidation sites excluding steroid dienone is 2. The topological polar surface area (TPSA) is 227 Å². The van der Waals surface area contributed by atoms with E-state index >= 15 is 0 Å². The number of hydrogen-bond donors (Lipinski definition) is 0. The molecule has 0 spiro atoms. The zero-order chi connectivity index (χ0) is 75.6. The Labute approximate surface area is 596 Å². The molecule has 0 saturated heterocycles. The van der Waals surface area contributed by atoms with Gasteiger partial charge in [0.15, 0.2) is 0 Å². The van der Waals surface area contributed by atoms with Crippen LogP contribution in [-0.2, 0) is 79.9 Å². The predicted octanol–water partition coefficient (Wildman–Crippen LogP) is 19.8. The second-order valence-corrected chi connectivity index (χ2v) is 35.4. The first-order valence-corrected chi connectivity index (χ1v) is 37.5. The fourth-order valence-electron chi connectivity index (χ4n) is 6.69. The van der Waals surface area contributed by atoms with Crippen molar-refractivity contribution in [3.8, 4) is 11.1 Å². The molecule has 0 heterocycles. The summed E-state index contributed by atoms with van der Waals surface area (Å²) in [6, 6.07) is 33.8. The van der Waals surface area contributed by atoms with Crippen molar-refractivity contribution < 1.29 is 71.6 Å². The zero-order valence-electron chi connectivity index (χ0n) is 62.3. The lowest BCUT2D eigenvalue weighted by Gasteiger charge is -2.20. The number of para-hydroxylation sites is 1. The van der Waals surface area contributed by atoms with Gasteiger partial charge < -0.3 is 33.2 Å². The maximum absolute atomic E-state index is 11.7. The number of esters is 7. The van der Waals surface area contributed by atoms with Gasteiger partial charge in [0.05, 0.1) is 64.8 Å². The summed E-state index contributed by atoms with van der Waals surface area (Å²) in [6.45, 7) is 50.6. The molecule has 4 aromatic carbocycles. The van der Waals surface area contributed by atoms with E-state index in [1.165, 1.54) is 45.5 Å². The van der Waals surface area contributed by atoms with Gasteiger partial charge >= 0.3 is 41.8 Å². The smallest absolute Gasteiger partial charge is 0.313 e. The fraction of sp³-hybridized carbons (Fsp3) is 0.539. The van der Waals surface area contributed by atoms with Gasteiger partial charge in [-0.25, -0.2) is 0 Å². The van der Waals surface area contributed by atoms with Crippen LogP contribution in [-0.4, -0.2) is 84.0 Å². The Bertz CT molecular complexity index is 2970. The number of fused-ring (bicyclic) bond motifs is 3. The van der Waals surface area contributed by atoms with E-state index in [-0.39, 0.29) is 114 Å². The lowest BCUT2D eigenvalue weighted by atomic mass is 9.98. The van der Waals surface area contributed by atoms with E-state index in [2.05, 4.69) is 99.8 Å². The quantitative estimate of drug-likeness (QED) is 0.00922. The molecule has 17 nitrogen and oxygen atoms in total. The molecule has 0 radical (unpaired) electrons. The summed E-state index contributed by atoms with van der Waals surface area (Å²) in [5, 5.41) is 10.7.